The summed E-state index contributed by atoms with van der Waals surface area (Å²) >= 11 is 0. The number of aromatic nitrogens is 1. The minimum Gasteiger partial charge on any atom is -0.349 e. The molecule has 2 heterocycles. The minimum absolute atomic E-state index is 0.176. The van der Waals surface area contributed by atoms with Crippen LogP contribution in [0, 0.1) is 5.92 Å². The Morgan fingerprint density at radius 3 is 2.64 bits per heavy atom. The standard InChI is InChI=1S/C16H23N3O3/c20-15(17-22)13-9-14-11-19(8-4-7-18(14)10-13)16(21)12-5-2-1-3-6-12/h9-10,12,22H,1-8,11H2,(H,17,20). The number of aryl methyl sites for hydroxylation is 1. The Kier molecular flexibility index (Phi) is 4.47. The monoisotopic (exact) mass is 305 g/mol. The van der Waals surface area contributed by atoms with Crippen molar-refractivity contribution in [3.8, 4) is 0 Å². The van der Waals surface area contributed by atoms with Gasteiger partial charge in [-0.25, -0.2) is 5.48 Å². The zero-order chi connectivity index (χ0) is 15.5. The van der Waals surface area contributed by atoms with Gasteiger partial charge < -0.3 is 9.47 Å². The summed E-state index contributed by atoms with van der Waals surface area (Å²) in [4.78, 5) is 26.2. The molecule has 0 atom stereocenters. The zero-order valence-electron chi connectivity index (χ0n) is 12.8. The molecule has 6 nitrogen and oxygen atoms in total. The van der Waals surface area contributed by atoms with E-state index in [0.717, 1.165) is 50.9 Å². The smallest absolute Gasteiger partial charge is 0.276 e. The first kappa shape index (κ1) is 15.1. The Morgan fingerprint density at radius 2 is 1.91 bits per heavy atom. The topological polar surface area (TPSA) is 74.6 Å². The van der Waals surface area contributed by atoms with Crippen LogP contribution in [0.2, 0.25) is 0 Å². The highest BCUT2D eigenvalue weighted by atomic mass is 16.5. The molecule has 2 amide bonds. The normalized spacial score (nSPS) is 19.4. The van der Waals surface area contributed by atoms with E-state index in [-0.39, 0.29) is 11.8 Å². The van der Waals surface area contributed by atoms with Gasteiger partial charge in [-0.15, -0.1) is 0 Å². The van der Waals surface area contributed by atoms with Gasteiger partial charge >= 0.3 is 0 Å². The van der Waals surface area contributed by atoms with Crippen LogP contribution in [-0.4, -0.2) is 33.0 Å². The number of hydrogen-bond acceptors (Lipinski definition) is 3. The van der Waals surface area contributed by atoms with Gasteiger partial charge in [-0.2, -0.15) is 0 Å². The van der Waals surface area contributed by atoms with Crippen LogP contribution in [0.5, 0.6) is 0 Å². The van der Waals surface area contributed by atoms with E-state index < -0.39 is 5.91 Å². The fourth-order valence-electron chi connectivity index (χ4n) is 3.59. The maximum Gasteiger partial charge on any atom is 0.276 e. The molecule has 0 saturated heterocycles. The maximum absolute atomic E-state index is 12.7. The number of hydroxylamine groups is 1. The second-order valence-corrected chi connectivity index (χ2v) is 6.30. The van der Waals surface area contributed by atoms with Crippen LogP contribution in [0.25, 0.3) is 0 Å². The molecule has 1 aromatic heterocycles. The van der Waals surface area contributed by atoms with Crippen LogP contribution in [0.4, 0.5) is 0 Å². The molecule has 1 aliphatic carbocycles. The predicted molar refractivity (Wildman–Crippen MR) is 80.3 cm³/mol. The van der Waals surface area contributed by atoms with Crippen molar-refractivity contribution in [1.82, 2.24) is 14.9 Å². The summed E-state index contributed by atoms with van der Waals surface area (Å²) in [6, 6.07) is 1.76. The van der Waals surface area contributed by atoms with E-state index in [2.05, 4.69) is 0 Å². The van der Waals surface area contributed by atoms with Crippen LogP contribution < -0.4 is 5.48 Å². The van der Waals surface area contributed by atoms with Gasteiger partial charge in [-0.05, 0) is 25.3 Å². The number of carbonyl (C=O) groups is 2. The summed E-state index contributed by atoms with van der Waals surface area (Å²) in [5, 5.41) is 8.74. The van der Waals surface area contributed by atoms with Gasteiger partial charge in [0.15, 0.2) is 0 Å². The summed E-state index contributed by atoms with van der Waals surface area (Å²) in [5.74, 6) is -0.0660. The summed E-state index contributed by atoms with van der Waals surface area (Å²) in [5.41, 5.74) is 3.05. The Bertz CT molecular complexity index is 561. The average molecular weight is 305 g/mol. The predicted octanol–water partition coefficient (Wildman–Crippen LogP) is 1.92. The van der Waals surface area contributed by atoms with Crippen LogP contribution in [0.1, 0.15) is 54.6 Å². The molecule has 1 aliphatic heterocycles. The number of fused-ring (bicyclic) bond motifs is 1. The lowest BCUT2D eigenvalue weighted by atomic mass is 9.88. The molecule has 0 spiro atoms. The highest BCUT2D eigenvalue weighted by Crippen LogP contribution is 2.27. The van der Waals surface area contributed by atoms with Crippen molar-refractivity contribution >= 4 is 11.8 Å². The summed E-state index contributed by atoms with van der Waals surface area (Å²) in [6.45, 7) is 2.12. The minimum atomic E-state index is -0.509. The lowest BCUT2D eigenvalue weighted by Gasteiger charge is -2.28. The lowest BCUT2D eigenvalue weighted by Crippen LogP contribution is -2.36. The van der Waals surface area contributed by atoms with Crippen LogP contribution in [0.3, 0.4) is 0 Å². The first-order valence-corrected chi connectivity index (χ1v) is 8.11. The molecular weight excluding hydrogens is 282 g/mol. The van der Waals surface area contributed by atoms with E-state index in [0.29, 0.717) is 12.1 Å². The maximum atomic E-state index is 12.7. The van der Waals surface area contributed by atoms with Crippen LogP contribution in [-0.2, 0) is 17.9 Å². The van der Waals surface area contributed by atoms with E-state index in [4.69, 9.17) is 5.21 Å². The van der Waals surface area contributed by atoms with E-state index in [1.807, 2.05) is 9.47 Å². The molecule has 3 rings (SSSR count). The quantitative estimate of drug-likeness (QED) is 0.647. The SMILES string of the molecule is O=C(NO)c1cc2n(c1)CCCN(C(=O)C1CCCCC1)C2. The van der Waals surface area contributed by atoms with Crippen molar-refractivity contribution in [3.63, 3.8) is 0 Å². The summed E-state index contributed by atoms with van der Waals surface area (Å²) in [7, 11) is 0. The van der Waals surface area contributed by atoms with Crippen molar-refractivity contribution in [2.24, 2.45) is 5.92 Å². The third kappa shape index (κ3) is 3.02. The molecule has 22 heavy (non-hydrogen) atoms. The molecule has 0 aromatic carbocycles. The molecule has 1 saturated carbocycles. The Labute approximate surface area is 130 Å². The number of amides is 2. The van der Waals surface area contributed by atoms with Crippen LogP contribution >= 0.6 is 0 Å². The van der Waals surface area contributed by atoms with Gasteiger partial charge in [0.05, 0.1) is 12.1 Å². The number of rotatable bonds is 2. The second kappa shape index (κ2) is 6.52. The first-order chi connectivity index (χ1) is 10.7. The summed E-state index contributed by atoms with van der Waals surface area (Å²) in [6.07, 6.45) is 8.20. The molecular formula is C16H23N3O3. The highest BCUT2D eigenvalue weighted by Gasteiger charge is 2.28. The second-order valence-electron chi connectivity index (χ2n) is 6.30. The Hall–Kier alpha value is -1.82. The van der Waals surface area contributed by atoms with Crippen LogP contribution in [0.15, 0.2) is 12.3 Å². The van der Waals surface area contributed by atoms with Crippen molar-refractivity contribution in [2.75, 3.05) is 6.54 Å². The molecule has 120 valence electrons. The number of hydrogen-bond donors (Lipinski definition) is 2. The molecule has 2 N–H and O–H groups in total. The molecule has 0 unspecified atom stereocenters. The molecule has 1 aromatic rings. The van der Waals surface area contributed by atoms with E-state index in [1.54, 1.807) is 17.7 Å². The van der Waals surface area contributed by atoms with Gasteiger partial charge in [-0.1, -0.05) is 19.3 Å². The number of nitrogens with zero attached hydrogens (tertiary/aromatic N) is 2. The molecule has 1 fully saturated rings. The number of nitrogens with one attached hydrogen (secondary N) is 1. The third-order valence-corrected chi connectivity index (χ3v) is 4.80. The lowest BCUT2D eigenvalue weighted by molar-refractivity contribution is -0.137. The molecule has 0 bridgehead atoms. The van der Waals surface area contributed by atoms with Crippen molar-refractivity contribution in [2.45, 2.75) is 51.6 Å². The third-order valence-electron chi connectivity index (χ3n) is 4.80. The van der Waals surface area contributed by atoms with Gasteiger partial charge in [0.1, 0.15) is 0 Å². The Balaban J connectivity index is 1.74. The fraction of sp³-hybridized carbons (Fsp3) is 0.625. The van der Waals surface area contributed by atoms with E-state index in [1.165, 1.54) is 6.42 Å². The highest BCUT2D eigenvalue weighted by molar-refractivity contribution is 5.93. The van der Waals surface area contributed by atoms with Gasteiger partial charge in [-0.3, -0.25) is 14.8 Å². The van der Waals surface area contributed by atoms with E-state index >= 15 is 0 Å². The van der Waals surface area contributed by atoms with Crippen molar-refractivity contribution < 1.29 is 14.8 Å². The average Bonchev–Trinajstić information content (AvgIpc) is 2.86. The summed E-state index contributed by atoms with van der Waals surface area (Å²) < 4.78 is 2.01. The van der Waals surface area contributed by atoms with Gasteiger partial charge in [0, 0.05) is 30.9 Å². The fourth-order valence-corrected chi connectivity index (χ4v) is 3.59. The molecule has 6 heteroatoms. The van der Waals surface area contributed by atoms with Crippen molar-refractivity contribution in [3.05, 3.63) is 23.5 Å². The Morgan fingerprint density at radius 1 is 1.14 bits per heavy atom. The number of carbonyl (C=O) groups excluding carboxylic acids is 2. The van der Waals surface area contributed by atoms with Crippen molar-refractivity contribution in [1.29, 1.82) is 0 Å². The van der Waals surface area contributed by atoms with Gasteiger partial charge in [0.2, 0.25) is 5.91 Å². The van der Waals surface area contributed by atoms with E-state index in [9.17, 15) is 9.59 Å². The molecule has 2 aliphatic rings. The van der Waals surface area contributed by atoms with Gasteiger partial charge in [0.25, 0.3) is 5.91 Å². The largest absolute Gasteiger partial charge is 0.349 e. The molecule has 0 radical (unpaired) electrons. The zero-order valence-corrected chi connectivity index (χ0v) is 12.8. The first-order valence-electron chi connectivity index (χ1n) is 8.11.